The number of ether oxygens (including phenoxy) is 1. The molecular formula is C6H8O4Ti. The van der Waals surface area contributed by atoms with E-state index in [9.17, 15) is 9.59 Å². The molecule has 0 heterocycles. The first-order chi connectivity index (χ1) is 4.57. The minimum atomic E-state index is -1.17. The molecule has 60 valence electrons. The molecule has 4 nitrogen and oxygen atoms in total. The second-order valence-electron chi connectivity index (χ2n) is 1.62. The van der Waals surface area contributed by atoms with Gasteiger partial charge in [-0.15, -0.1) is 0 Å². The Bertz CT molecular complexity index is 166. The fraction of sp³-hybridized carbons (Fsp3) is 0.333. The van der Waals surface area contributed by atoms with Crippen molar-refractivity contribution in [1.82, 2.24) is 0 Å². The van der Waals surface area contributed by atoms with E-state index in [1.54, 1.807) is 0 Å². The van der Waals surface area contributed by atoms with Crippen LogP contribution in [0.5, 0.6) is 0 Å². The predicted octanol–water partition coefficient (Wildman–Crippen LogP) is 0.186. The molecule has 11 heavy (non-hydrogen) atoms. The Morgan fingerprint density at radius 1 is 1.64 bits per heavy atom. The number of hydrogen-bond donors (Lipinski definition) is 1. The largest absolute Gasteiger partial charge is 0.479 e. The van der Waals surface area contributed by atoms with Gasteiger partial charge in [-0.25, -0.2) is 9.59 Å². The molecule has 0 saturated heterocycles. The summed E-state index contributed by atoms with van der Waals surface area (Å²) in [5.41, 5.74) is 0. The molecule has 1 unspecified atom stereocenters. The quantitative estimate of drug-likeness (QED) is 0.393. The number of hydrogen-bond acceptors (Lipinski definition) is 3. The van der Waals surface area contributed by atoms with Gasteiger partial charge in [0.2, 0.25) is 0 Å². The molecule has 0 amide bonds. The van der Waals surface area contributed by atoms with Crippen molar-refractivity contribution in [3.63, 3.8) is 0 Å². The Labute approximate surface area is 79.1 Å². The zero-order valence-corrected chi connectivity index (χ0v) is 7.60. The average Bonchev–Trinajstić information content (AvgIpc) is 1.87. The molecule has 0 spiro atoms. The maximum absolute atomic E-state index is 10.3. The summed E-state index contributed by atoms with van der Waals surface area (Å²) in [4.78, 5) is 20.4. The van der Waals surface area contributed by atoms with Gasteiger partial charge in [0.15, 0.2) is 6.10 Å². The summed E-state index contributed by atoms with van der Waals surface area (Å²) in [5, 5.41) is 8.21. The molecule has 5 heteroatoms. The van der Waals surface area contributed by atoms with Gasteiger partial charge in [-0.05, 0) is 6.92 Å². The van der Waals surface area contributed by atoms with Crippen molar-refractivity contribution in [3.8, 4) is 0 Å². The fourth-order valence-corrected chi connectivity index (χ4v) is 0.273. The van der Waals surface area contributed by atoms with E-state index in [1.165, 1.54) is 6.92 Å². The number of carboxylic acid groups (broad SMARTS) is 1. The van der Waals surface area contributed by atoms with Crippen LogP contribution in [0.4, 0.5) is 0 Å². The summed E-state index contributed by atoms with van der Waals surface area (Å²) in [6.07, 6.45) is -0.190. The Hall–Kier alpha value is -0.606. The molecule has 0 aromatic heterocycles. The third-order valence-electron chi connectivity index (χ3n) is 0.807. The van der Waals surface area contributed by atoms with Crippen molar-refractivity contribution in [2.75, 3.05) is 0 Å². The first-order valence-corrected chi connectivity index (χ1v) is 2.63. The van der Waals surface area contributed by atoms with E-state index in [2.05, 4.69) is 11.3 Å². The maximum atomic E-state index is 10.3. The van der Waals surface area contributed by atoms with Crippen LogP contribution in [0, 0.1) is 0 Å². The van der Waals surface area contributed by atoms with E-state index in [0.717, 1.165) is 6.08 Å². The summed E-state index contributed by atoms with van der Waals surface area (Å²) in [7, 11) is 0. The zero-order valence-electron chi connectivity index (χ0n) is 6.03. The van der Waals surface area contributed by atoms with Crippen molar-refractivity contribution in [2.24, 2.45) is 0 Å². The van der Waals surface area contributed by atoms with Crippen LogP contribution in [0.25, 0.3) is 0 Å². The summed E-state index contributed by atoms with van der Waals surface area (Å²) in [5.74, 6) is -1.90. The van der Waals surface area contributed by atoms with Gasteiger partial charge in [0.1, 0.15) is 0 Å². The minimum Gasteiger partial charge on any atom is -0.479 e. The van der Waals surface area contributed by atoms with Gasteiger partial charge in [0, 0.05) is 27.8 Å². The Morgan fingerprint density at radius 3 is 2.36 bits per heavy atom. The van der Waals surface area contributed by atoms with Crippen LogP contribution < -0.4 is 0 Å². The number of aliphatic carboxylic acids is 1. The summed E-state index contributed by atoms with van der Waals surface area (Å²) >= 11 is 0. The van der Waals surface area contributed by atoms with Crippen LogP contribution in [0.1, 0.15) is 6.92 Å². The van der Waals surface area contributed by atoms with Crippen LogP contribution in [0.2, 0.25) is 0 Å². The van der Waals surface area contributed by atoms with E-state index in [4.69, 9.17) is 5.11 Å². The Kier molecular flexibility index (Phi) is 7.25. The monoisotopic (exact) mass is 192 g/mol. The van der Waals surface area contributed by atoms with Crippen molar-refractivity contribution in [2.45, 2.75) is 13.0 Å². The topological polar surface area (TPSA) is 63.6 Å². The van der Waals surface area contributed by atoms with E-state index in [0.29, 0.717) is 0 Å². The summed E-state index contributed by atoms with van der Waals surface area (Å²) < 4.78 is 4.30. The number of rotatable bonds is 3. The SMILES string of the molecule is C=CC(=O)OC(C)C(=O)O.[Ti]. The molecule has 0 rings (SSSR count). The normalized spacial score (nSPS) is 10.6. The number of carboxylic acids is 1. The third kappa shape index (κ3) is 5.82. The van der Waals surface area contributed by atoms with Crippen LogP contribution in [0.3, 0.4) is 0 Å². The van der Waals surface area contributed by atoms with Gasteiger partial charge in [0.25, 0.3) is 0 Å². The smallest absolute Gasteiger partial charge is 0.344 e. The Balaban J connectivity index is 0. The average molecular weight is 192 g/mol. The van der Waals surface area contributed by atoms with E-state index >= 15 is 0 Å². The zero-order chi connectivity index (χ0) is 8.15. The van der Waals surface area contributed by atoms with Gasteiger partial charge >= 0.3 is 11.9 Å². The minimum absolute atomic E-state index is 0. The van der Waals surface area contributed by atoms with Crippen molar-refractivity contribution in [3.05, 3.63) is 12.7 Å². The van der Waals surface area contributed by atoms with Crippen molar-refractivity contribution >= 4 is 11.9 Å². The summed E-state index contributed by atoms with van der Waals surface area (Å²) in [6.45, 7) is 4.37. The van der Waals surface area contributed by atoms with Crippen molar-refractivity contribution in [1.29, 1.82) is 0 Å². The molecule has 0 fully saturated rings. The molecule has 0 aromatic rings. The van der Waals surface area contributed by atoms with Gasteiger partial charge < -0.3 is 9.84 Å². The van der Waals surface area contributed by atoms with E-state index in [-0.39, 0.29) is 21.7 Å². The van der Waals surface area contributed by atoms with Crippen LogP contribution in [-0.4, -0.2) is 23.1 Å². The molecule has 0 aliphatic carbocycles. The number of esters is 1. The molecule has 1 atom stereocenters. The molecule has 0 saturated carbocycles. The standard InChI is InChI=1S/C6H8O4.Ti/c1-3-5(7)10-4(2)6(8)9;/h3-4H,1H2,2H3,(H,8,9);. The molecule has 0 aliphatic rings. The third-order valence-corrected chi connectivity index (χ3v) is 0.807. The fourth-order valence-electron chi connectivity index (χ4n) is 0.273. The number of carbonyl (C=O) groups is 2. The van der Waals surface area contributed by atoms with Gasteiger partial charge in [-0.2, -0.15) is 0 Å². The second-order valence-corrected chi connectivity index (χ2v) is 1.62. The maximum Gasteiger partial charge on any atom is 0.344 e. The predicted molar refractivity (Wildman–Crippen MR) is 33.4 cm³/mol. The second kappa shape index (κ2) is 6.13. The van der Waals surface area contributed by atoms with Crippen LogP contribution in [0.15, 0.2) is 12.7 Å². The van der Waals surface area contributed by atoms with Crippen LogP contribution >= 0.6 is 0 Å². The first-order valence-electron chi connectivity index (χ1n) is 2.63. The molecule has 0 aliphatic heterocycles. The number of carbonyl (C=O) groups excluding carboxylic acids is 1. The van der Waals surface area contributed by atoms with Crippen LogP contribution in [-0.2, 0) is 36.0 Å². The van der Waals surface area contributed by atoms with E-state index in [1.807, 2.05) is 0 Å². The molecule has 0 radical (unpaired) electrons. The first kappa shape index (κ1) is 13.0. The molecular weight excluding hydrogens is 184 g/mol. The van der Waals surface area contributed by atoms with Crippen molar-refractivity contribution < 1.29 is 41.2 Å². The Morgan fingerprint density at radius 2 is 2.09 bits per heavy atom. The molecule has 0 bridgehead atoms. The molecule has 1 N–H and O–H groups in total. The van der Waals surface area contributed by atoms with E-state index < -0.39 is 18.0 Å². The molecule has 0 aromatic carbocycles. The van der Waals surface area contributed by atoms with Gasteiger partial charge in [-0.3, -0.25) is 0 Å². The van der Waals surface area contributed by atoms with Gasteiger partial charge in [0.05, 0.1) is 0 Å². The summed E-state index contributed by atoms with van der Waals surface area (Å²) in [6, 6.07) is 0. The van der Waals surface area contributed by atoms with Gasteiger partial charge in [-0.1, -0.05) is 6.58 Å².